The van der Waals surface area contributed by atoms with Crippen molar-refractivity contribution in [1.82, 2.24) is 4.98 Å². The van der Waals surface area contributed by atoms with Gasteiger partial charge in [-0.15, -0.1) is 0 Å². The molecule has 2 rings (SSSR count). The molecule has 4 nitrogen and oxygen atoms in total. The van der Waals surface area contributed by atoms with Gasteiger partial charge in [0.05, 0.1) is 12.2 Å². The van der Waals surface area contributed by atoms with Crippen LogP contribution in [0.5, 0.6) is 0 Å². The van der Waals surface area contributed by atoms with Gasteiger partial charge in [0.15, 0.2) is 0 Å². The van der Waals surface area contributed by atoms with Crippen LogP contribution < -0.4 is 5.32 Å². The minimum atomic E-state index is -0.307. The number of nitrogens with one attached hydrogen (secondary N) is 1. The van der Waals surface area contributed by atoms with E-state index in [0.717, 1.165) is 10.0 Å². The van der Waals surface area contributed by atoms with E-state index < -0.39 is 0 Å². The predicted molar refractivity (Wildman–Crippen MR) is 82.1 cm³/mol. The second kappa shape index (κ2) is 6.83. The molecule has 1 amide bonds. The number of hydrogen-bond acceptors (Lipinski definition) is 3. The smallest absolute Gasteiger partial charge is 0.258 e. The monoisotopic (exact) mass is 354 g/mol. The van der Waals surface area contributed by atoms with Crippen molar-refractivity contribution >= 4 is 39.1 Å². The van der Waals surface area contributed by atoms with E-state index in [9.17, 15) is 4.79 Å². The lowest BCUT2D eigenvalue weighted by molar-refractivity contribution is 0.102. The summed E-state index contributed by atoms with van der Waals surface area (Å²) in [5.74, 6) is -0.307. The second-order valence-corrected chi connectivity index (χ2v) is 5.21. The molecule has 0 aliphatic carbocycles. The Morgan fingerprint density at radius 2 is 2.20 bits per heavy atom. The van der Waals surface area contributed by atoms with Gasteiger partial charge < -0.3 is 10.1 Å². The van der Waals surface area contributed by atoms with Crippen molar-refractivity contribution in [2.24, 2.45) is 0 Å². The van der Waals surface area contributed by atoms with Crippen LogP contribution in [0.1, 0.15) is 15.9 Å². The maximum atomic E-state index is 12.2. The number of benzene rings is 1. The number of halogens is 2. The van der Waals surface area contributed by atoms with E-state index in [1.165, 1.54) is 6.20 Å². The van der Waals surface area contributed by atoms with Crippen LogP contribution in [0.25, 0.3) is 0 Å². The molecule has 0 saturated heterocycles. The molecule has 1 aromatic heterocycles. The number of nitrogens with zero attached hydrogens (tertiary/aromatic N) is 1. The molecule has 1 N–H and O–H groups in total. The maximum absolute atomic E-state index is 12.2. The molecule has 0 aliphatic rings. The summed E-state index contributed by atoms with van der Waals surface area (Å²) < 4.78 is 6.01. The summed E-state index contributed by atoms with van der Waals surface area (Å²) in [6.07, 6.45) is 1.54. The molecular formula is C14H12BrClN2O2. The van der Waals surface area contributed by atoms with Crippen LogP contribution in [0.15, 0.2) is 41.0 Å². The van der Waals surface area contributed by atoms with Gasteiger partial charge in [-0.2, -0.15) is 0 Å². The zero-order chi connectivity index (χ0) is 14.5. The van der Waals surface area contributed by atoms with E-state index in [4.69, 9.17) is 16.3 Å². The Kier molecular flexibility index (Phi) is 5.11. The number of aromatic nitrogens is 1. The van der Waals surface area contributed by atoms with Gasteiger partial charge in [0.2, 0.25) is 0 Å². The number of carbonyl (C=O) groups is 1. The van der Waals surface area contributed by atoms with E-state index in [1.54, 1.807) is 25.3 Å². The van der Waals surface area contributed by atoms with Crippen molar-refractivity contribution in [3.8, 4) is 0 Å². The highest BCUT2D eigenvalue weighted by Crippen LogP contribution is 2.26. The van der Waals surface area contributed by atoms with Crippen LogP contribution in [0.3, 0.4) is 0 Å². The Morgan fingerprint density at radius 3 is 2.90 bits per heavy atom. The van der Waals surface area contributed by atoms with Gasteiger partial charge in [0.25, 0.3) is 5.91 Å². The van der Waals surface area contributed by atoms with Gasteiger partial charge in [0, 0.05) is 29.0 Å². The fraction of sp³-hybridized carbons (Fsp3) is 0.143. The molecule has 1 aromatic carbocycles. The van der Waals surface area contributed by atoms with E-state index in [1.807, 2.05) is 12.1 Å². The molecule has 0 bridgehead atoms. The largest absolute Gasteiger partial charge is 0.380 e. The molecular weight excluding hydrogens is 344 g/mol. The Hall–Kier alpha value is -1.43. The number of carbonyl (C=O) groups excluding carboxylic acids is 1. The minimum absolute atomic E-state index is 0.174. The molecule has 1 heterocycles. The summed E-state index contributed by atoms with van der Waals surface area (Å²) in [5.41, 5.74) is 1.87. The van der Waals surface area contributed by atoms with E-state index >= 15 is 0 Å². The summed E-state index contributed by atoms with van der Waals surface area (Å²) in [6, 6.07) is 8.82. The number of ether oxygens (including phenoxy) is 1. The van der Waals surface area contributed by atoms with E-state index in [-0.39, 0.29) is 11.1 Å². The fourth-order valence-electron chi connectivity index (χ4n) is 1.71. The molecule has 0 unspecified atom stereocenters. The quantitative estimate of drug-likeness (QED) is 0.846. The first-order valence-corrected chi connectivity index (χ1v) is 6.98. The predicted octanol–water partition coefficient (Wildman–Crippen LogP) is 3.90. The molecule has 0 aliphatic heterocycles. The molecule has 0 atom stereocenters. The lowest BCUT2D eigenvalue weighted by Crippen LogP contribution is -2.14. The minimum Gasteiger partial charge on any atom is -0.380 e. The van der Waals surface area contributed by atoms with E-state index in [0.29, 0.717) is 17.9 Å². The van der Waals surface area contributed by atoms with Crippen molar-refractivity contribution in [2.75, 3.05) is 12.4 Å². The SMILES string of the molecule is COCc1c(Br)cccc1NC(=O)c1cccnc1Cl. The van der Waals surface area contributed by atoms with Gasteiger partial charge in [-0.05, 0) is 24.3 Å². The molecule has 2 aromatic rings. The van der Waals surface area contributed by atoms with E-state index in [2.05, 4.69) is 26.2 Å². The highest BCUT2D eigenvalue weighted by atomic mass is 79.9. The summed E-state index contributed by atoms with van der Waals surface area (Å²) >= 11 is 9.35. The summed E-state index contributed by atoms with van der Waals surface area (Å²) in [5, 5.41) is 2.99. The normalized spacial score (nSPS) is 10.3. The van der Waals surface area contributed by atoms with Gasteiger partial charge in [-0.25, -0.2) is 4.98 Å². The standard InChI is InChI=1S/C14H12BrClN2O2/c1-20-8-10-11(15)5-2-6-12(10)18-14(19)9-4-3-7-17-13(9)16/h2-7H,8H2,1H3,(H,18,19). The summed E-state index contributed by atoms with van der Waals surface area (Å²) in [4.78, 5) is 16.1. The van der Waals surface area contributed by atoms with Crippen LogP contribution in [-0.4, -0.2) is 18.0 Å². The molecule has 6 heteroatoms. The Bertz CT molecular complexity index is 634. The Balaban J connectivity index is 2.29. The number of hydrogen-bond donors (Lipinski definition) is 1. The molecule has 0 spiro atoms. The van der Waals surface area contributed by atoms with Crippen LogP contribution in [-0.2, 0) is 11.3 Å². The van der Waals surface area contributed by atoms with Crippen molar-refractivity contribution < 1.29 is 9.53 Å². The van der Waals surface area contributed by atoms with Crippen molar-refractivity contribution in [3.63, 3.8) is 0 Å². The first kappa shape index (κ1) is 15.0. The molecule has 0 saturated carbocycles. The van der Waals surface area contributed by atoms with Crippen molar-refractivity contribution in [2.45, 2.75) is 6.61 Å². The van der Waals surface area contributed by atoms with Gasteiger partial charge in [0.1, 0.15) is 5.15 Å². The fourth-order valence-corrected chi connectivity index (χ4v) is 2.40. The number of anilines is 1. The first-order chi connectivity index (χ1) is 9.63. The number of pyridine rings is 1. The van der Waals surface area contributed by atoms with Gasteiger partial charge >= 0.3 is 0 Å². The van der Waals surface area contributed by atoms with Crippen LogP contribution in [0.4, 0.5) is 5.69 Å². The molecule has 20 heavy (non-hydrogen) atoms. The second-order valence-electron chi connectivity index (χ2n) is 3.99. The number of methoxy groups -OCH3 is 1. The van der Waals surface area contributed by atoms with Crippen LogP contribution in [0.2, 0.25) is 5.15 Å². The maximum Gasteiger partial charge on any atom is 0.258 e. The Labute approximate surface area is 130 Å². The van der Waals surface area contributed by atoms with Gasteiger partial charge in [-0.1, -0.05) is 33.6 Å². The Morgan fingerprint density at radius 1 is 1.40 bits per heavy atom. The average Bonchev–Trinajstić information content (AvgIpc) is 2.43. The molecule has 0 radical (unpaired) electrons. The molecule has 0 fully saturated rings. The van der Waals surface area contributed by atoms with Gasteiger partial charge in [-0.3, -0.25) is 4.79 Å². The van der Waals surface area contributed by atoms with Crippen molar-refractivity contribution in [1.29, 1.82) is 0 Å². The number of rotatable bonds is 4. The zero-order valence-electron chi connectivity index (χ0n) is 10.7. The highest BCUT2D eigenvalue weighted by Gasteiger charge is 2.14. The van der Waals surface area contributed by atoms with Crippen LogP contribution in [0, 0.1) is 0 Å². The molecule has 104 valence electrons. The lowest BCUT2D eigenvalue weighted by atomic mass is 10.1. The third kappa shape index (κ3) is 3.36. The number of amides is 1. The van der Waals surface area contributed by atoms with Crippen LogP contribution >= 0.6 is 27.5 Å². The highest BCUT2D eigenvalue weighted by molar-refractivity contribution is 9.10. The lowest BCUT2D eigenvalue weighted by Gasteiger charge is -2.12. The average molecular weight is 356 g/mol. The third-order valence-corrected chi connectivity index (χ3v) is 3.70. The first-order valence-electron chi connectivity index (χ1n) is 5.81. The zero-order valence-corrected chi connectivity index (χ0v) is 13.0. The topological polar surface area (TPSA) is 51.2 Å². The summed E-state index contributed by atoms with van der Waals surface area (Å²) in [6.45, 7) is 0.387. The van der Waals surface area contributed by atoms with Crippen molar-refractivity contribution in [3.05, 3.63) is 57.3 Å². The summed E-state index contributed by atoms with van der Waals surface area (Å²) in [7, 11) is 1.60. The third-order valence-electron chi connectivity index (χ3n) is 2.66.